The van der Waals surface area contributed by atoms with E-state index >= 15 is 0 Å². The van der Waals surface area contributed by atoms with Gasteiger partial charge in [-0.15, -0.1) is 0 Å². The summed E-state index contributed by atoms with van der Waals surface area (Å²) < 4.78 is 47.3. The first-order valence-corrected chi connectivity index (χ1v) is 6.98. The minimum absolute atomic E-state index is 0.129. The van der Waals surface area contributed by atoms with Crippen molar-refractivity contribution in [1.29, 1.82) is 0 Å². The Labute approximate surface area is 135 Å². The van der Waals surface area contributed by atoms with Crippen LogP contribution in [-0.4, -0.2) is 28.8 Å². The van der Waals surface area contributed by atoms with Crippen molar-refractivity contribution in [3.8, 4) is 5.75 Å². The van der Waals surface area contributed by atoms with Gasteiger partial charge in [-0.05, 0) is 31.2 Å². The predicted molar refractivity (Wildman–Crippen MR) is 76.0 cm³/mol. The molecule has 1 heterocycles. The highest BCUT2D eigenvalue weighted by atomic mass is 19.3. The predicted octanol–water partition coefficient (Wildman–Crippen LogP) is 2.41. The molecule has 2 N–H and O–H groups in total. The van der Waals surface area contributed by atoms with E-state index in [4.69, 9.17) is 4.74 Å². The second-order valence-corrected chi connectivity index (χ2v) is 4.79. The lowest BCUT2D eigenvalue weighted by Gasteiger charge is -2.15. The highest BCUT2D eigenvalue weighted by Crippen LogP contribution is 2.14. The van der Waals surface area contributed by atoms with Crippen molar-refractivity contribution in [2.24, 2.45) is 0 Å². The molecule has 130 valence electrons. The van der Waals surface area contributed by atoms with E-state index < -0.39 is 18.3 Å². The molecule has 0 saturated carbocycles. The molecule has 1 aromatic heterocycles. The largest absolute Gasteiger partial charge is 0.489 e. The van der Waals surface area contributed by atoms with Crippen molar-refractivity contribution in [2.45, 2.75) is 26.0 Å². The van der Waals surface area contributed by atoms with Crippen molar-refractivity contribution in [3.63, 3.8) is 0 Å². The Morgan fingerprint density at radius 2 is 2.00 bits per heavy atom. The van der Waals surface area contributed by atoms with Gasteiger partial charge in [0.1, 0.15) is 17.7 Å². The Morgan fingerprint density at radius 1 is 1.29 bits per heavy atom. The van der Waals surface area contributed by atoms with Gasteiger partial charge in [0, 0.05) is 0 Å². The molecule has 0 bridgehead atoms. The van der Waals surface area contributed by atoms with Crippen molar-refractivity contribution in [3.05, 3.63) is 41.8 Å². The molecule has 2 rings (SSSR count). The fourth-order valence-corrected chi connectivity index (χ4v) is 1.67. The van der Waals surface area contributed by atoms with E-state index in [0.29, 0.717) is 5.75 Å². The first kappa shape index (κ1) is 17.6. The first-order valence-electron chi connectivity index (χ1n) is 6.98. The fraction of sp³-hybridized carbons (Fsp3) is 0.357. The molecule has 0 saturated heterocycles. The zero-order valence-electron chi connectivity index (χ0n) is 12.6. The van der Waals surface area contributed by atoms with Gasteiger partial charge >= 0.3 is 12.5 Å². The van der Waals surface area contributed by atoms with Crippen LogP contribution in [0.4, 0.5) is 18.0 Å². The lowest BCUT2D eigenvalue weighted by atomic mass is 10.3. The van der Waals surface area contributed by atoms with Gasteiger partial charge in [0.15, 0.2) is 0 Å². The minimum atomic E-state index is -2.83. The first-order chi connectivity index (χ1) is 11.4. The number of ether oxygens (including phenoxy) is 1. The summed E-state index contributed by atoms with van der Waals surface area (Å²) in [5.41, 5.74) is 0. The van der Waals surface area contributed by atoms with Gasteiger partial charge in [-0.1, -0.05) is 5.16 Å². The van der Waals surface area contributed by atoms with Crippen LogP contribution in [0.1, 0.15) is 25.1 Å². The summed E-state index contributed by atoms with van der Waals surface area (Å²) in [6.45, 7) is 1.71. The smallest absolute Gasteiger partial charge is 0.315 e. The number of benzene rings is 1. The molecule has 1 atom stereocenters. The Hall–Kier alpha value is -2.78. The fourth-order valence-electron chi connectivity index (χ4n) is 1.67. The zero-order chi connectivity index (χ0) is 17.5. The maximum Gasteiger partial charge on any atom is 0.315 e. The number of aromatic nitrogens is 2. The van der Waals surface area contributed by atoms with Gasteiger partial charge in [-0.3, -0.25) is 0 Å². The van der Waals surface area contributed by atoms with Gasteiger partial charge in [0.2, 0.25) is 11.7 Å². The molecule has 0 aliphatic heterocycles. The Balaban J connectivity index is 1.69. The molecule has 0 aliphatic rings. The molecular weight excluding hydrogens is 329 g/mol. The summed E-state index contributed by atoms with van der Waals surface area (Å²) in [7, 11) is 0. The number of urea groups is 1. The van der Waals surface area contributed by atoms with E-state index in [9.17, 15) is 18.0 Å². The summed E-state index contributed by atoms with van der Waals surface area (Å²) in [6, 6.07) is 4.92. The third kappa shape index (κ3) is 5.45. The second-order valence-electron chi connectivity index (χ2n) is 4.79. The molecule has 0 fully saturated rings. The number of halogens is 3. The molecule has 10 heteroatoms. The maximum absolute atomic E-state index is 12.8. The average molecular weight is 344 g/mol. The van der Waals surface area contributed by atoms with Crippen LogP contribution >= 0.6 is 0 Å². The molecule has 0 aliphatic carbocycles. The molecule has 24 heavy (non-hydrogen) atoms. The Kier molecular flexibility index (Phi) is 5.99. The molecule has 2 aromatic rings. The van der Waals surface area contributed by atoms with Crippen LogP contribution in [-0.2, 0) is 6.54 Å². The van der Waals surface area contributed by atoms with E-state index in [0.717, 1.165) is 0 Å². The average Bonchev–Trinajstić information content (AvgIpc) is 3.02. The molecule has 7 nitrogen and oxygen atoms in total. The van der Waals surface area contributed by atoms with Crippen LogP contribution in [0.15, 0.2) is 28.8 Å². The van der Waals surface area contributed by atoms with Crippen molar-refractivity contribution >= 4 is 6.03 Å². The lowest BCUT2D eigenvalue weighted by molar-refractivity contribution is 0.136. The van der Waals surface area contributed by atoms with Gasteiger partial charge in [0.25, 0.3) is 0 Å². The quantitative estimate of drug-likeness (QED) is 0.805. The molecular formula is C14H15F3N4O3. The van der Waals surface area contributed by atoms with E-state index in [1.54, 1.807) is 6.92 Å². The van der Waals surface area contributed by atoms with Gasteiger partial charge in [0.05, 0.1) is 13.1 Å². The lowest BCUT2D eigenvalue weighted by Crippen LogP contribution is -2.40. The standard InChI is InChI=1S/C14H15F3N4O3/c1-8(23-10-4-2-9(15)3-5-10)6-18-14(22)19-7-11-20-13(12(16)17)21-24-11/h2-5,8,12H,6-7H2,1H3,(H2,18,19,22). The van der Waals surface area contributed by atoms with Crippen LogP contribution < -0.4 is 15.4 Å². The number of hydrogen-bond donors (Lipinski definition) is 2. The van der Waals surface area contributed by atoms with E-state index in [1.807, 2.05) is 0 Å². The maximum atomic E-state index is 12.8. The molecule has 0 radical (unpaired) electrons. The molecule has 1 unspecified atom stereocenters. The number of hydrogen-bond acceptors (Lipinski definition) is 5. The minimum Gasteiger partial charge on any atom is -0.489 e. The van der Waals surface area contributed by atoms with E-state index in [2.05, 4.69) is 25.3 Å². The number of nitrogens with one attached hydrogen (secondary N) is 2. The molecule has 2 amide bonds. The third-order valence-corrected chi connectivity index (χ3v) is 2.78. The van der Waals surface area contributed by atoms with Crippen LogP contribution in [0.3, 0.4) is 0 Å². The van der Waals surface area contributed by atoms with Gasteiger partial charge in [-0.2, -0.15) is 4.98 Å². The summed E-state index contributed by atoms with van der Waals surface area (Å²) in [5, 5.41) is 7.97. The topological polar surface area (TPSA) is 89.3 Å². The van der Waals surface area contributed by atoms with Crippen LogP contribution in [0.5, 0.6) is 5.75 Å². The van der Waals surface area contributed by atoms with E-state index in [-0.39, 0.29) is 30.9 Å². The van der Waals surface area contributed by atoms with E-state index in [1.165, 1.54) is 24.3 Å². The molecule has 0 spiro atoms. The Bertz CT molecular complexity index is 664. The summed E-state index contributed by atoms with van der Waals surface area (Å²) in [4.78, 5) is 15.0. The van der Waals surface area contributed by atoms with Crippen molar-refractivity contribution in [1.82, 2.24) is 20.8 Å². The summed E-state index contributed by atoms with van der Waals surface area (Å²) in [5.74, 6) is -0.760. The summed E-state index contributed by atoms with van der Waals surface area (Å²) >= 11 is 0. The van der Waals surface area contributed by atoms with Crippen LogP contribution in [0, 0.1) is 5.82 Å². The number of amides is 2. The normalized spacial score (nSPS) is 12.0. The number of carbonyl (C=O) groups is 1. The number of alkyl halides is 2. The number of rotatable bonds is 7. The second kappa shape index (κ2) is 8.18. The monoisotopic (exact) mass is 344 g/mol. The highest BCUT2D eigenvalue weighted by Gasteiger charge is 2.16. The van der Waals surface area contributed by atoms with Crippen LogP contribution in [0.2, 0.25) is 0 Å². The molecule has 1 aromatic carbocycles. The number of nitrogens with zero attached hydrogens (tertiary/aromatic N) is 2. The van der Waals surface area contributed by atoms with Gasteiger partial charge in [-0.25, -0.2) is 18.0 Å². The van der Waals surface area contributed by atoms with Crippen molar-refractivity contribution < 1.29 is 27.2 Å². The third-order valence-electron chi connectivity index (χ3n) is 2.78. The zero-order valence-corrected chi connectivity index (χ0v) is 12.6. The summed E-state index contributed by atoms with van der Waals surface area (Å²) in [6.07, 6.45) is -3.20. The van der Waals surface area contributed by atoms with Crippen molar-refractivity contribution in [2.75, 3.05) is 6.54 Å². The van der Waals surface area contributed by atoms with Gasteiger partial charge < -0.3 is 19.9 Å². The highest BCUT2D eigenvalue weighted by molar-refractivity contribution is 5.73. The number of carbonyl (C=O) groups excluding carboxylic acids is 1. The SMILES string of the molecule is CC(CNC(=O)NCc1nc(C(F)F)no1)Oc1ccc(F)cc1. The van der Waals surface area contributed by atoms with Crippen LogP contribution in [0.25, 0.3) is 0 Å². The Morgan fingerprint density at radius 3 is 2.62 bits per heavy atom.